The fourth-order valence-corrected chi connectivity index (χ4v) is 2.73. The van der Waals surface area contributed by atoms with Gasteiger partial charge in [-0.3, -0.25) is 4.79 Å². The topological polar surface area (TPSA) is 49.3 Å². The summed E-state index contributed by atoms with van der Waals surface area (Å²) in [7, 11) is 0. The summed E-state index contributed by atoms with van der Waals surface area (Å²) in [4.78, 5) is 12.1. The maximum atomic E-state index is 10.8. The fourth-order valence-electron chi connectivity index (χ4n) is 1.97. The van der Waals surface area contributed by atoms with Gasteiger partial charge in [0.15, 0.2) is 0 Å². The van der Waals surface area contributed by atoms with Crippen LogP contribution in [-0.4, -0.2) is 11.1 Å². The fraction of sp³-hybridized carbons (Fsp3) is 0.267. The van der Waals surface area contributed by atoms with Crippen molar-refractivity contribution in [3.8, 4) is 0 Å². The van der Waals surface area contributed by atoms with E-state index in [0.717, 1.165) is 11.1 Å². The van der Waals surface area contributed by atoms with Gasteiger partial charge in [-0.25, -0.2) is 0 Å². The zero-order chi connectivity index (χ0) is 13.7. The molecule has 0 aliphatic rings. The number of carboxylic acid groups (broad SMARTS) is 1. The first-order chi connectivity index (χ1) is 9.16. The van der Waals surface area contributed by atoms with Gasteiger partial charge in [-0.15, -0.1) is 11.3 Å². The molecule has 1 heterocycles. The van der Waals surface area contributed by atoms with Crippen LogP contribution in [0.3, 0.4) is 0 Å². The predicted octanol–water partition coefficient (Wildman–Crippen LogP) is 3.23. The van der Waals surface area contributed by atoms with E-state index < -0.39 is 5.97 Å². The number of thiophene rings is 1. The summed E-state index contributed by atoms with van der Waals surface area (Å²) in [6, 6.07) is 12.1. The van der Waals surface area contributed by atoms with Crippen LogP contribution in [0, 0.1) is 0 Å². The van der Waals surface area contributed by atoms with Gasteiger partial charge in [-0.1, -0.05) is 30.3 Å². The Morgan fingerprint density at radius 1 is 1.26 bits per heavy atom. The highest BCUT2D eigenvalue weighted by Gasteiger charge is 2.09. The van der Waals surface area contributed by atoms with Crippen LogP contribution in [0.5, 0.6) is 0 Å². The van der Waals surface area contributed by atoms with E-state index in [1.807, 2.05) is 30.3 Å². The summed E-state index contributed by atoms with van der Waals surface area (Å²) in [6.45, 7) is 2.80. The number of hydrogen-bond donors (Lipinski definition) is 2. The Morgan fingerprint density at radius 3 is 2.63 bits per heavy atom. The summed E-state index contributed by atoms with van der Waals surface area (Å²) in [5, 5.41) is 14.4. The smallest absolute Gasteiger partial charge is 0.307 e. The molecule has 1 atom stereocenters. The van der Waals surface area contributed by atoms with E-state index in [9.17, 15) is 4.79 Å². The summed E-state index contributed by atoms with van der Waals surface area (Å²) in [6.07, 6.45) is 0.0746. The molecule has 0 amide bonds. The molecule has 3 nitrogen and oxygen atoms in total. The SMILES string of the molecule is C[C@H](NCc1ccccc1CC(=O)O)c1cccs1. The van der Waals surface area contributed by atoms with Gasteiger partial charge < -0.3 is 10.4 Å². The third-order valence-electron chi connectivity index (χ3n) is 3.03. The molecule has 4 heteroatoms. The number of carboxylic acids is 1. The van der Waals surface area contributed by atoms with Crippen LogP contribution in [-0.2, 0) is 17.8 Å². The molecule has 0 saturated carbocycles. The van der Waals surface area contributed by atoms with Crippen LogP contribution in [0.1, 0.15) is 29.0 Å². The lowest BCUT2D eigenvalue weighted by Gasteiger charge is -2.14. The van der Waals surface area contributed by atoms with Gasteiger partial charge in [0.2, 0.25) is 0 Å². The monoisotopic (exact) mass is 275 g/mol. The van der Waals surface area contributed by atoms with Crippen molar-refractivity contribution >= 4 is 17.3 Å². The maximum absolute atomic E-state index is 10.8. The van der Waals surface area contributed by atoms with Gasteiger partial charge in [-0.05, 0) is 29.5 Å². The van der Waals surface area contributed by atoms with E-state index in [1.165, 1.54) is 4.88 Å². The molecule has 2 rings (SSSR count). The molecule has 0 aliphatic heterocycles. The molecule has 0 radical (unpaired) electrons. The highest BCUT2D eigenvalue weighted by molar-refractivity contribution is 7.10. The Kier molecular flexibility index (Phi) is 4.71. The first-order valence-corrected chi connectivity index (χ1v) is 7.10. The van der Waals surface area contributed by atoms with Crippen LogP contribution >= 0.6 is 11.3 Å². The molecule has 2 aromatic rings. The van der Waals surface area contributed by atoms with Gasteiger partial charge in [0, 0.05) is 17.5 Å². The molecule has 2 N–H and O–H groups in total. The van der Waals surface area contributed by atoms with Crippen LogP contribution in [0.2, 0.25) is 0 Å². The third kappa shape index (κ3) is 3.91. The summed E-state index contributed by atoms with van der Waals surface area (Å²) in [5.74, 6) is -0.793. The second-order valence-corrected chi connectivity index (χ2v) is 5.44. The highest BCUT2D eigenvalue weighted by atomic mass is 32.1. The van der Waals surface area contributed by atoms with Crippen molar-refractivity contribution in [2.24, 2.45) is 0 Å². The molecule has 0 bridgehead atoms. The number of benzene rings is 1. The summed E-state index contributed by atoms with van der Waals surface area (Å²) >= 11 is 1.72. The van der Waals surface area contributed by atoms with Crippen LogP contribution in [0.25, 0.3) is 0 Å². The van der Waals surface area contributed by atoms with E-state index >= 15 is 0 Å². The zero-order valence-corrected chi connectivity index (χ0v) is 11.6. The first-order valence-electron chi connectivity index (χ1n) is 6.22. The van der Waals surface area contributed by atoms with Crippen LogP contribution < -0.4 is 5.32 Å². The second-order valence-electron chi connectivity index (χ2n) is 4.46. The van der Waals surface area contributed by atoms with Gasteiger partial charge in [-0.2, -0.15) is 0 Å². The molecular formula is C15H17NO2S. The van der Waals surface area contributed by atoms with E-state index in [0.29, 0.717) is 6.54 Å². The van der Waals surface area contributed by atoms with Crippen molar-refractivity contribution in [3.63, 3.8) is 0 Å². The average Bonchev–Trinajstić information content (AvgIpc) is 2.90. The number of rotatable bonds is 6. The minimum atomic E-state index is -0.793. The standard InChI is InChI=1S/C15H17NO2S/c1-11(14-7-4-8-19-14)16-10-13-6-3-2-5-12(13)9-15(17)18/h2-8,11,16H,9-10H2,1H3,(H,17,18)/t11-/m0/s1. The maximum Gasteiger partial charge on any atom is 0.307 e. The van der Waals surface area contributed by atoms with Gasteiger partial charge in [0.05, 0.1) is 6.42 Å². The largest absolute Gasteiger partial charge is 0.481 e. The molecule has 19 heavy (non-hydrogen) atoms. The molecule has 0 saturated heterocycles. The number of nitrogens with one attached hydrogen (secondary N) is 1. The average molecular weight is 275 g/mol. The molecular weight excluding hydrogens is 258 g/mol. The van der Waals surface area contributed by atoms with Crippen LogP contribution in [0.4, 0.5) is 0 Å². The quantitative estimate of drug-likeness (QED) is 0.851. The van der Waals surface area contributed by atoms with Crippen molar-refractivity contribution in [2.75, 3.05) is 0 Å². The van der Waals surface area contributed by atoms with Crippen molar-refractivity contribution in [3.05, 3.63) is 57.8 Å². The molecule has 0 fully saturated rings. The Morgan fingerprint density at radius 2 is 2.00 bits per heavy atom. The number of carbonyl (C=O) groups is 1. The van der Waals surface area contributed by atoms with E-state index in [-0.39, 0.29) is 12.5 Å². The third-order valence-corrected chi connectivity index (χ3v) is 4.08. The summed E-state index contributed by atoms with van der Waals surface area (Å²) < 4.78 is 0. The Labute approximate surface area is 116 Å². The molecule has 0 unspecified atom stereocenters. The van der Waals surface area contributed by atoms with Gasteiger partial charge >= 0.3 is 5.97 Å². The van der Waals surface area contributed by atoms with Crippen LogP contribution in [0.15, 0.2) is 41.8 Å². The molecule has 0 spiro atoms. The van der Waals surface area contributed by atoms with E-state index in [4.69, 9.17) is 5.11 Å². The Balaban J connectivity index is 2.01. The zero-order valence-electron chi connectivity index (χ0n) is 10.8. The van der Waals surface area contributed by atoms with Crippen molar-refractivity contribution in [1.82, 2.24) is 5.32 Å². The normalized spacial score (nSPS) is 12.3. The van der Waals surface area contributed by atoms with E-state index in [2.05, 4.69) is 23.7 Å². The minimum absolute atomic E-state index is 0.0746. The highest BCUT2D eigenvalue weighted by Crippen LogP contribution is 2.19. The lowest BCUT2D eigenvalue weighted by molar-refractivity contribution is -0.136. The number of hydrogen-bond acceptors (Lipinski definition) is 3. The predicted molar refractivity (Wildman–Crippen MR) is 77.4 cm³/mol. The van der Waals surface area contributed by atoms with Crippen molar-refractivity contribution in [2.45, 2.75) is 25.9 Å². The van der Waals surface area contributed by atoms with Crippen molar-refractivity contribution in [1.29, 1.82) is 0 Å². The molecule has 100 valence electrons. The Hall–Kier alpha value is -1.65. The number of aliphatic carboxylic acids is 1. The Bertz CT molecular complexity index is 537. The second kappa shape index (κ2) is 6.50. The van der Waals surface area contributed by atoms with E-state index in [1.54, 1.807) is 11.3 Å². The molecule has 0 aliphatic carbocycles. The minimum Gasteiger partial charge on any atom is -0.481 e. The molecule has 1 aromatic heterocycles. The van der Waals surface area contributed by atoms with Gasteiger partial charge in [0.1, 0.15) is 0 Å². The molecule has 1 aromatic carbocycles. The van der Waals surface area contributed by atoms with Gasteiger partial charge in [0.25, 0.3) is 0 Å². The summed E-state index contributed by atoms with van der Waals surface area (Å²) in [5.41, 5.74) is 1.93. The lowest BCUT2D eigenvalue weighted by Crippen LogP contribution is -2.18. The van der Waals surface area contributed by atoms with Crippen molar-refractivity contribution < 1.29 is 9.90 Å². The lowest BCUT2D eigenvalue weighted by atomic mass is 10.0. The first kappa shape index (κ1) is 13.8.